The number of carbonyl (C=O) groups excluding carboxylic acids is 2. The SMILES string of the molecule is O=C(Cc1csc(NC(=O)Cc2ccccc2)n1)Nc1ccc(Br)cc1. The molecule has 132 valence electrons. The molecule has 0 radical (unpaired) electrons. The molecule has 2 amide bonds. The van der Waals surface area contributed by atoms with Gasteiger partial charge in [0.25, 0.3) is 0 Å². The van der Waals surface area contributed by atoms with Crippen molar-refractivity contribution in [2.24, 2.45) is 0 Å². The van der Waals surface area contributed by atoms with E-state index in [1.54, 1.807) is 5.38 Å². The minimum absolute atomic E-state index is 0.128. The third-order valence-electron chi connectivity index (χ3n) is 3.48. The molecule has 0 aliphatic heterocycles. The molecule has 0 atom stereocenters. The van der Waals surface area contributed by atoms with Crippen LogP contribution < -0.4 is 10.6 Å². The van der Waals surface area contributed by atoms with Crippen LogP contribution in [-0.4, -0.2) is 16.8 Å². The van der Waals surface area contributed by atoms with Gasteiger partial charge in [-0.2, -0.15) is 0 Å². The summed E-state index contributed by atoms with van der Waals surface area (Å²) >= 11 is 4.66. The summed E-state index contributed by atoms with van der Waals surface area (Å²) in [5.74, 6) is -0.281. The summed E-state index contributed by atoms with van der Waals surface area (Å²) in [6.45, 7) is 0. The molecule has 7 heteroatoms. The zero-order valence-corrected chi connectivity index (χ0v) is 16.1. The highest BCUT2D eigenvalue weighted by molar-refractivity contribution is 9.10. The second kappa shape index (κ2) is 8.73. The van der Waals surface area contributed by atoms with E-state index < -0.39 is 0 Å². The molecule has 0 aliphatic carbocycles. The van der Waals surface area contributed by atoms with E-state index >= 15 is 0 Å². The third-order valence-corrected chi connectivity index (χ3v) is 4.81. The molecule has 1 heterocycles. The van der Waals surface area contributed by atoms with Gasteiger partial charge in [-0.15, -0.1) is 11.3 Å². The number of hydrogen-bond acceptors (Lipinski definition) is 4. The summed E-state index contributed by atoms with van der Waals surface area (Å²) in [5, 5.41) is 7.86. The van der Waals surface area contributed by atoms with E-state index in [0.29, 0.717) is 17.2 Å². The van der Waals surface area contributed by atoms with Crippen LogP contribution in [0.3, 0.4) is 0 Å². The van der Waals surface area contributed by atoms with Gasteiger partial charge in [0.2, 0.25) is 11.8 Å². The Morgan fingerprint density at radius 2 is 1.62 bits per heavy atom. The van der Waals surface area contributed by atoms with Crippen molar-refractivity contribution in [2.45, 2.75) is 12.8 Å². The van der Waals surface area contributed by atoms with Crippen molar-refractivity contribution >= 4 is 49.9 Å². The fourth-order valence-electron chi connectivity index (χ4n) is 2.29. The van der Waals surface area contributed by atoms with Crippen LogP contribution in [0, 0.1) is 0 Å². The minimum Gasteiger partial charge on any atom is -0.326 e. The monoisotopic (exact) mass is 429 g/mol. The molecule has 0 spiro atoms. The maximum Gasteiger partial charge on any atom is 0.230 e. The standard InChI is InChI=1S/C19H16BrN3O2S/c20-14-6-8-15(9-7-14)21-18(25)11-16-12-26-19(22-16)23-17(24)10-13-4-2-1-3-5-13/h1-9,12H,10-11H2,(H,21,25)(H,22,23,24). The van der Waals surface area contributed by atoms with Gasteiger partial charge in [-0.3, -0.25) is 9.59 Å². The number of rotatable bonds is 6. The number of halogens is 1. The van der Waals surface area contributed by atoms with Gasteiger partial charge in [-0.25, -0.2) is 4.98 Å². The third kappa shape index (κ3) is 5.50. The van der Waals surface area contributed by atoms with Crippen LogP contribution in [0.4, 0.5) is 10.8 Å². The number of carbonyl (C=O) groups is 2. The largest absolute Gasteiger partial charge is 0.326 e. The predicted molar refractivity (Wildman–Crippen MR) is 107 cm³/mol. The summed E-state index contributed by atoms with van der Waals surface area (Å²) in [6, 6.07) is 16.9. The summed E-state index contributed by atoms with van der Waals surface area (Å²) < 4.78 is 0.950. The number of hydrogen-bond donors (Lipinski definition) is 2. The van der Waals surface area contributed by atoms with Gasteiger partial charge in [0.05, 0.1) is 18.5 Å². The molecule has 2 aromatic carbocycles. The van der Waals surface area contributed by atoms with Crippen molar-refractivity contribution in [1.29, 1.82) is 0 Å². The second-order valence-electron chi connectivity index (χ2n) is 5.59. The molecule has 1 aromatic heterocycles. The number of anilines is 2. The Bertz CT molecular complexity index is 895. The maximum absolute atomic E-state index is 12.1. The topological polar surface area (TPSA) is 71.1 Å². The van der Waals surface area contributed by atoms with Crippen LogP contribution in [0.15, 0.2) is 64.5 Å². The maximum atomic E-state index is 12.1. The molecule has 3 aromatic rings. The van der Waals surface area contributed by atoms with Gasteiger partial charge in [0, 0.05) is 15.5 Å². The second-order valence-corrected chi connectivity index (χ2v) is 7.36. The lowest BCUT2D eigenvalue weighted by Crippen LogP contribution is -2.15. The van der Waals surface area contributed by atoms with Gasteiger partial charge in [0.1, 0.15) is 0 Å². The Kier molecular flexibility index (Phi) is 6.14. The van der Waals surface area contributed by atoms with Crippen molar-refractivity contribution in [1.82, 2.24) is 4.98 Å². The van der Waals surface area contributed by atoms with E-state index in [9.17, 15) is 9.59 Å². The first-order valence-corrected chi connectivity index (χ1v) is 9.59. The highest BCUT2D eigenvalue weighted by Crippen LogP contribution is 2.18. The molecule has 2 N–H and O–H groups in total. The molecule has 26 heavy (non-hydrogen) atoms. The van der Waals surface area contributed by atoms with E-state index in [2.05, 4.69) is 31.5 Å². The minimum atomic E-state index is -0.153. The van der Waals surface area contributed by atoms with Gasteiger partial charge < -0.3 is 10.6 Å². The molecule has 0 aliphatic rings. The normalized spacial score (nSPS) is 10.3. The fraction of sp³-hybridized carbons (Fsp3) is 0.105. The number of thiazole rings is 1. The van der Waals surface area contributed by atoms with E-state index in [-0.39, 0.29) is 18.2 Å². The Balaban J connectivity index is 1.51. The molecule has 0 saturated heterocycles. The van der Waals surface area contributed by atoms with E-state index in [0.717, 1.165) is 15.7 Å². The lowest BCUT2D eigenvalue weighted by molar-refractivity contribution is -0.116. The lowest BCUT2D eigenvalue weighted by atomic mass is 10.1. The molecule has 0 bridgehead atoms. The van der Waals surface area contributed by atoms with Gasteiger partial charge >= 0.3 is 0 Å². The van der Waals surface area contributed by atoms with Crippen LogP contribution in [0.2, 0.25) is 0 Å². The Morgan fingerprint density at radius 3 is 2.35 bits per heavy atom. The predicted octanol–water partition coefficient (Wildman–Crippen LogP) is 4.27. The van der Waals surface area contributed by atoms with E-state index in [1.165, 1.54) is 11.3 Å². The Morgan fingerprint density at radius 1 is 0.923 bits per heavy atom. The summed E-state index contributed by atoms with van der Waals surface area (Å²) in [4.78, 5) is 28.5. The van der Waals surface area contributed by atoms with Crippen molar-refractivity contribution in [2.75, 3.05) is 10.6 Å². The first-order valence-electron chi connectivity index (χ1n) is 7.92. The van der Waals surface area contributed by atoms with Crippen molar-refractivity contribution in [3.63, 3.8) is 0 Å². The summed E-state index contributed by atoms with van der Waals surface area (Å²) in [5.41, 5.74) is 2.29. The molecule has 0 saturated carbocycles. The number of nitrogens with zero attached hydrogens (tertiary/aromatic N) is 1. The molecule has 3 rings (SSSR count). The first kappa shape index (κ1) is 18.3. The summed E-state index contributed by atoms with van der Waals surface area (Å²) in [7, 11) is 0. The smallest absolute Gasteiger partial charge is 0.230 e. The quantitative estimate of drug-likeness (QED) is 0.614. The number of benzene rings is 2. The Labute approximate surface area is 163 Å². The number of nitrogens with one attached hydrogen (secondary N) is 2. The molecule has 5 nitrogen and oxygen atoms in total. The zero-order valence-electron chi connectivity index (χ0n) is 13.7. The van der Waals surface area contributed by atoms with Crippen LogP contribution in [0.1, 0.15) is 11.3 Å². The van der Waals surface area contributed by atoms with Crippen molar-refractivity contribution < 1.29 is 9.59 Å². The molecule has 0 fully saturated rings. The van der Waals surface area contributed by atoms with Gasteiger partial charge in [-0.05, 0) is 29.8 Å². The Hall–Kier alpha value is -2.51. The molecular weight excluding hydrogens is 414 g/mol. The average molecular weight is 430 g/mol. The lowest BCUT2D eigenvalue weighted by Gasteiger charge is -2.04. The van der Waals surface area contributed by atoms with Crippen molar-refractivity contribution in [3.05, 3.63) is 75.7 Å². The van der Waals surface area contributed by atoms with Crippen LogP contribution in [-0.2, 0) is 22.4 Å². The zero-order chi connectivity index (χ0) is 18.4. The highest BCUT2D eigenvalue weighted by atomic mass is 79.9. The average Bonchev–Trinajstić information content (AvgIpc) is 3.04. The van der Waals surface area contributed by atoms with Crippen LogP contribution >= 0.6 is 27.3 Å². The number of aromatic nitrogens is 1. The first-order chi connectivity index (χ1) is 12.6. The highest BCUT2D eigenvalue weighted by Gasteiger charge is 2.10. The van der Waals surface area contributed by atoms with Crippen LogP contribution in [0.25, 0.3) is 0 Å². The van der Waals surface area contributed by atoms with Gasteiger partial charge in [0.15, 0.2) is 5.13 Å². The summed E-state index contributed by atoms with van der Waals surface area (Å²) in [6.07, 6.45) is 0.445. The fourth-order valence-corrected chi connectivity index (χ4v) is 3.28. The molecule has 0 unspecified atom stereocenters. The molecular formula is C19H16BrN3O2S. The van der Waals surface area contributed by atoms with Crippen LogP contribution in [0.5, 0.6) is 0 Å². The number of amides is 2. The van der Waals surface area contributed by atoms with Crippen molar-refractivity contribution in [3.8, 4) is 0 Å². The van der Waals surface area contributed by atoms with E-state index in [1.807, 2.05) is 54.6 Å². The van der Waals surface area contributed by atoms with Gasteiger partial charge in [-0.1, -0.05) is 46.3 Å². The van der Waals surface area contributed by atoms with E-state index in [4.69, 9.17) is 0 Å².